The Morgan fingerprint density at radius 1 is 1.42 bits per heavy atom. The first-order valence-electron chi connectivity index (χ1n) is 4.24. The topological polar surface area (TPSA) is 12.0 Å². The van der Waals surface area contributed by atoms with Crippen LogP contribution in [-0.2, 0) is 0 Å². The third-order valence-electron chi connectivity index (χ3n) is 2.49. The van der Waals surface area contributed by atoms with Crippen LogP contribution in [0.5, 0.6) is 0 Å². The van der Waals surface area contributed by atoms with Gasteiger partial charge in [-0.2, -0.15) is 0 Å². The SMILES string of the molecule is S=C1C=CC2C(=S)CCNC2C1. The third kappa shape index (κ3) is 1.49. The van der Waals surface area contributed by atoms with E-state index in [2.05, 4.69) is 11.4 Å². The molecule has 2 unspecified atom stereocenters. The molecule has 0 saturated carbocycles. The molecule has 2 aliphatic rings. The van der Waals surface area contributed by atoms with E-state index in [0.717, 1.165) is 24.3 Å². The highest BCUT2D eigenvalue weighted by atomic mass is 32.1. The van der Waals surface area contributed by atoms with E-state index in [1.807, 2.05) is 6.08 Å². The van der Waals surface area contributed by atoms with E-state index >= 15 is 0 Å². The molecule has 2 atom stereocenters. The average Bonchev–Trinajstić information content (AvgIpc) is 2.04. The van der Waals surface area contributed by atoms with Gasteiger partial charge in [-0.25, -0.2) is 0 Å². The number of hydrogen-bond donors (Lipinski definition) is 1. The Bertz CT molecular complexity index is 257. The van der Waals surface area contributed by atoms with Crippen LogP contribution in [0.3, 0.4) is 0 Å². The van der Waals surface area contributed by atoms with Crippen LogP contribution in [0.25, 0.3) is 0 Å². The molecule has 1 heterocycles. The Hall–Kier alpha value is -0.120. The van der Waals surface area contributed by atoms with Gasteiger partial charge in [-0.3, -0.25) is 0 Å². The first kappa shape index (κ1) is 8.48. The zero-order chi connectivity index (χ0) is 8.55. The molecule has 12 heavy (non-hydrogen) atoms. The molecular formula is C9H11NS2. The van der Waals surface area contributed by atoms with Crippen LogP contribution in [-0.4, -0.2) is 22.3 Å². The van der Waals surface area contributed by atoms with E-state index in [0.29, 0.717) is 12.0 Å². The van der Waals surface area contributed by atoms with Crippen molar-refractivity contribution in [2.75, 3.05) is 6.54 Å². The van der Waals surface area contributed by atoms with Crippen molar-refractivity contribution in [2.24, 2.45) is 5.92 Å². The van der Waals surface area contributed by atoms with Gasteiger partial charge in [0, 0.05) is 21.7 Å². The highest BCUT2D eigenvalue weighted by Gasteiger charge is 2.29. The minimum atomic E-state index is 0.459. The van der Waals surface area contributed by atoms with Crippen molar-refractivity contribution >= 4 is 34.2 Å². The number of nitrogens with one attached hydrogen (secondary N) is 1. The van der Waals surface area contributed by atoms with Crippen LogP contribution >= 0.6 is 24.4 Å². The van der Waals surface area contributed by atoms with Gasteiger partial charge in [0.2, 0.25) is 0 Å². The first-order chi connectivity index (χ1) is 5.77. The number of hydrogen-bond acceptors (Lipinski definition) is 3. The summed E-state index contributed by atoms with van der Waals surface area (Å²) in [4.78, 5) is 2.24. The van der Waals surface area contributed by atoms with Crippen LogP contribution in [0.15, 0.2) is 12.2 Å². The van der Waals surface area contributed by atoms with Gasteiger partial charge >= 0.3 is 0 Å². The van der Waals surface area contributed by atoms with Crippen molar-refractivity contribution in [2.45, 2.75) is 18.9 Å². The average molecular weight is 197 g/mol. The van der Waals surface area contributed by atoms with Crippen LogP contribution in [0.4, 0.5) is 0 Å². The molecule has 0 radical (unpaired) electrons. The second kappa shape index (κ2) is 3.32. The molecule has 0 aromatic rings. The summed E-state index contributed by atoms with van der Waals surface area (Å²) in [5.74, 6) is 0.459. The Morgan fingerprint density at radius 3 is 3.08 bits per heavy atom. The molecule has 0 aromatic carbocycles. The van der Waals surface area contributed by atoms with Crippen molar-refractivity contribution in [3.05, 3.63) is 12.2 Å². The molecule has 3 heteroatoms. The van der Waals surface area contributed by atoms with Gasteiger partial charge in [-0.05, 0) is 19.4 Å². The molecule has 64 valence electrons. The summed E-state index contributed by atoms with van der Waals surface area (Å²) in [6.07, 6.45) is 6.21. The Kier molecular flexibility index (Phi) is 2.35. The zero-order valence-corrected chi connectivity index (χ0v) is 8.38. The zero-order valence-electron chi connectivity index (χ0n) is 6.75. The summed E-state index contributed by atoms with van der Waals surface area (Å²) in [5, 5.41) is 3.46. The van der Waals surface area contributed by atoms with Gasteiger partial charge in [0.15, 0.2) is 0 Å². The van der Waals surface area contributed by atoms with Gasteiger partial charge in [-0.15, -0.1) is 0 Å². The molecule has 1 saturated heterocycles. The first-order valence-corrected chi connectivity index (χ1v) is 5.06. The number of piperidine rings is 1. The maximum atomic E-state index is 5.31. The highest BCUT2D eigenvalue weighted by Crippen LogP contribution is 2.23. The van der Waals surface area contributed by atoms with Gasteiger partial charge in [0.1, 0.15) is 0 Å². The second-order valence-corrected chi connectivity index (χ2v) is 4.38. The summed E-state index contributed by atoms with van der Waals surface area (Å²) in [5.41, 5.74) is 0. The molecule has 0 bridgehead atoms. The lowest BCUT2D eigenvalue weighted by Gasteiger charge is -2.33. The van der Waals surface area contributed by atoms with Crippen molar-refractivity contribution in [1.82, 2.24) is 5.32 Å². The van der Waals surface area contributed by atoms with Crippen LogP contribution in [0.2, 0.25) is 0 Å². The van der Waals surface area contributed by atoms with E-state index < -0.39 is 0 Å². The predicted octanol–water partition coefficient (Wildman–Crippen LogP) is 1.66. The maximum absolute atomic E-state index is 5.31. The minimum Gasteiger partial charge on any atom is -0.312 e. The molecule has 2 rings (SSSR count). The van der Waals surface area contributed by atoms with E-state index in [4.69, 9.17) is 24.4 Å². The molecule has 0 amide bonds. The second-order valence-electron chi connectivity index (χ2n) is 3.33. The van der Waals surface area contributed by atoms with Crippen molar-refractivity contribution in [1.29, 1.82) is 0 Å². The van der Waals surface area contributed by atoms with E-state index in [1.165, 1.54) is 4.86 Å². The van der Waals surface area contributed by atoms with Crippen LogP contribution < -0.4 is 5.32 Å². The highest BCUT2D eigenvalue weighted by molar-refractivity contribution is 7.81. The smallest absolute Gasteiger partial charge is 0.0243 e. The molecule has 1 aliphatic heterocycles. The molecule has 1 nitrogen and oxygen atoms in total. The summed E-state index contributed by atoms with van der Waals surface area (Å²) < 4.78 is 0. The van der Waals surface area contributed by atoms with E-state index in [1.54, 1.807) is 0 Å². The third-order valence-corrected chi connectivity index (χ3v) is 3.27. The maximum Gasteiger partial charge on any atom is 0.0243 e. The van der Waals surface area contributed by atoms with Crippen molar-refractivity contribution in [3.8, 4) is 0 Å². The fourth-order valence-corrected chi connectivity index (χ4v) is 2.44. The quantitative estimate of drug-likeness (QED) is 0.593. The molecule has 0 aromatic heterocycles. The summed E-state index contributed by atoms with van der Waals surface area (Å²) in [7, 11) is 0. The van der Waals surface area contributed by atoms with Crippen LogP contribution in [0.1, 0.15) is 12.8 Å². The van der Waals surface area contributed by atoms with Crippen molar-refractivity contribution in [3.63, 3.8) is 0 Å². The van der Waals surface area contributed by atoms with Gasteiger partial charge < -0.3 is 5.32 Å². The number of rotatable bonds is 0. The van der Waals surface area contributed by atoms with E-state index in [9.17, 15) is 0 Å². The van der Waals surface area contributed by atoms with Gasteiger partial charge in [-0.1, -0.05) is 36.6 Å². The monoisotopic (exact) mass is 197 g/mol. The van der Waals surface area contributed by atoms with Crippen LogP contribution in [0, 0.1) is 5.92 Å². The largest absolute Gasteiger partial charge is 0.312 e. The summed E-state index contributed by atoms with van der Waals surface area (Å²) in [6.45, 7) is 1.02. The molecule has 1 fully saturated rings. The number of thiocarbonyl (C=S) groups is 2. The predicted molar refractivity (Wildman–Crippen MR) is 58.9 cm³/mol. The number of fused-ring (bicyclic) bond motifs is 1. The lowest BCUT2D eigenvalue weighted by Crippen LogP contribution is -2.47. The standard InChI is InChI=1S/C9H11NS2/c11-6-1-2-7-8(5-6)10-4-3-9(7)12/h1-2,7-8,10H,3-5H2. The van der Waals surface area contributed by atoms with Gasteiger partial charge in [0.05, 0.1) is 0 Å². The molecule has 1 aliphatic carbocycles. The normalized spacial score (nSPS) is 35.0. The fourth-order valence-electron chi connectivity index (χ4n) is 1.84. The Balaban J connectivity index is 2.21. The number of allylic oxidation sites excluding steroid dienone is 1. The molecule has 0 spiro atoms. The minimum absolute atomic E-state index is 0.459. The molecular weight excluding hydrogens is 186 g/mol. The Labute approximate surface area is 83.2 Å². The fraction of sp³-hybridized carbons (Fsp3) is 0.556. The van der Waals surface area contributed by atoms with E-state index in [-0.39, 0.29) is 0 Å². The van der Waals surface area contributed by atoms with Crippen molar-refractivity contribution < 1.29 is 0 Å². The van der Waals surface area contributed by atoms with Gasteiger partial charge in [0.25, 0.3) is 0 Å². The lowest BCUT2D eigenvalue weighted by atomic mass is 9.84. The summed E-state index contributed by atoms with van der Waals surface area (Å²) >= 11 is 10.5. The summed E-state index contributed by atoms with van der Waals surface area (Å²) in [6, 6.07) is 0.490. The lowest BCUT2D eigenvalue weighted by molar-refractivity contribution is 0.459. The Morgan fingerprint density at radius 2 is 2.25 bits per heavy atom. The molecule has 1 N–H and O–H groups in total.